The van der Waals surface area contributed by atoms with E-state index < -0.39 is 6.04 Å². The van der Waals surface area contributed by atoms with E-state index in [9.17, 15) is 9.59 Å². The van der Waals surface area contributed by atoms with Crippen LogP contribution in [0.15, 0.2) is 46.9 Å². The van der Waals surface area contributed by atoms with Crippen LogP contribution in [-0.2, 0) is 21.5 Å². The second kappa shape index (κ2) is 11.4. The molecule has 0 aliphatic heterocycles. The molecule has 0 bridgehead atoms. The topological polar surface area (TPSA) is 67.9 Å². The van der Waals surface area contributed by atoms with Crippen LogP contribution in [0.4, 0.5) is 0 Å². The van der Waals surface area contributed by atoms with Crippen LogP contribution in [0.2, 0.25) is 0 Å². The summed E-state index contributed by atoms with van der Waals surface area (Å²) in [5.74, 6) is 0.855. The lowest BCUT2D eigenvalue weighted by atomic mass is 9.87. The molecule has 1 atom stereocenters. The van der Waals surface area contributed by atoms with Crippen molar-refractivity contribution in [3.05, 3.63) is 58.1 Å². The molecule has 0 aliphatic rings. The summed E-state index contributed by atoms with van der Waals surface area (Å²) in [5, 5.41) is 2.66. The first-order valence-corrected chi connectivity index (χ1v) is 11.5. The monoisotopic (exact) mass is 504 g/mol. The van der Waals surface area contributed by atoms with E-state index in [0.717, 1.165) is 21.3 Å². The van der Waals surface area contributed by atoms with Gasteiger partial charge in [-0.3, -0.25) is 9.59 Å². The summed E-state index contributed by atoms with van der Waals surface area (Å²) in [6, 6.07) is 12.7. The third kappa shape index (κ3) is 6.73. The second-order valence-corrected chi connectivity index (χ2v) is 9.45. The van der Waals surface area contributed by atoms with E-state index in [1.807, 2.05) is 49.4 Å². The highest BCUT2D eigenvalue weighted by Gasteiger charge is 2.28. The van der Waals surface area contributed by atoms with Gasteiger partial charge in [-0.15, -0.1) is 0 Å². The lowest BCUT2D eigenvalue weighted by molar-refractivity contribution is -0.142. The number of benzene rings is 2. The molecule has 0 fully saturated rings. The Morgan fingerprint density at radius 2 is 1.78 bits per heavy atom. The molecule has 0 aromatic heterocycles. The van der Waals surface area contributed by atoms with Crippen molar-refractivity contribution in [2.45, 2.75) is 52.1 Å². The summed E-state index contributed by atoms with van der Waals surface area (Å²) in [6.45, 7) is 8.43. The number of hydrogen-bond acceptors (Lipinski definition) is 4. The van der Waals surface area contributed by atoms with Crippen molar-refractivity contribution in [3.8, 4) is 11.5 Å². The van der Waals surface area contributed by atoms with Crippen molar-refractivity contribution < 1.29 is 19.1 Å². The number of carbonyl (C=O) groups is 2. The molecule has 0 unspecified atom stereocenters. The Labute approximate surface area is 199 Å². The number of carbonyl (C=O) groups excluding carboxylic acids is 2. The van der Waals surface area contributed by atoms with E-state index in [1.54, 1.807) is 19.1 Å². The van der Waals surface area contributed by atoms with E-state index in [1.165, 1.54) is 0 Å². The van der Waals surface area contributed by atoms with Crippen molar-refractivity contribution in [1.29, 1.82) is 0 Å². The van der Waals surface area contributed by atoms with Gasteiger partial charge in [0.15, 0.2) is 6.61 Å². The van der Waals surface area contributed by atoms with Crippen LogP contribution in [0.3, 0.4) is 0 Å². The first-order chi connectivity index (χ1) is 15.1. The molecular formula is C25H33BrN2O4. The molecule has 0 radical (unpaired) electrons. The number of likely N-dealkylation sites (N-methyl/N-ethyl adjacent to an activating group) is 1. The normalized spacial score (nSPS) is 12.1. The van der Waals surface area contributed by atoms with E-state index in [-0.39, 0.29) is 23.8 Å². The molecule has 2 aromatic carbocycles. The fourth-order valence-electron chi connectivity index (χ4n) is 3.32. The van der Waals surface area contributed by atoms with Crippen LogP contribution in [-0.4, -0.2) is 43.5 Å². The number of methoxy groups -OCH3 is 1. The van der Waals surface area contributed by atoms with Crippen LogP contribution in [0.5, 0.6) is 11.5 Å². The summed E-state index contributed by atoms with van der Waals surface area (Å²) in [5.41, 5.74) is 2.07. The Bertz CT molecular complexity index is 923. The summed E-state index contributed by atoms with van der Waals surface area (Å²) in [4.78, 5) is 27.2. The number of nitrogens with zero attached hydrogens (tertiary/aromatic N) is 1. The van der Waals surface area contributed by atoms with Gasteiger partial charge in [0.2, 0.25) is 5.91 Å². The molecular weight excluding hydrogens is 472 g/mol. The van der Waals surface area contributed by atoms with Gasteiger partial charge < -0.3 is 19.7 Å². The molecule has 0 aliphatic carbocycles. The molecule has 1 N–H and O–H groups in total. The van der Waals surface area contributed by atoms with Gasteiger partial charge in [0, 0.05) is 13.6 Å². The Morgan fingerprint density at radius 3 is 2.28 bits per heavy atom. The smallest absolute Gasteiger partial charge is 0.261 e. The predicted molar refractivity (Wildman–Crippen MR) is 130 cm³/mol. The van der Waals surface area contributed by atoms with Crippen LogP contribution in [0, 0.1) is 0 Å². The van der Waals surface area contributed by atoms with Gasteiger partial charge >= 0.3 is 0 Å². The quantitative estimate of drug-likeness (QED) is 0.537. The van der Waals surface area contributed by atoms with Gasteiger partial charge in [0.1, 0.15) is 17.5 Å². The van der Waals surface area contributed by atoms with Crippen LogP contribution in [0.25, 0.3) is 0 Å². The van der Waals surface area contributed by atoms with Gasteiger partial charge in [0.05, 0.1) is 11.6 Å². The minimum absolute atomic E-state index is 0.00783. The number of rotatable bonds is 9. The van der Waals surface area contributed by atoms with Gasteiger partial charge in [-0.2, -0.15) is 0 Å². The van der Waals surface area contributed by atoms with Gasteiger partial charge in [0.25, 0.3) is 5.91 Å². The van der Waals surface area contributed by atoms with Crippen LogP contribution in [0.1, 0.15) is 45.2 Å². The van der Waals surface area contributed by atoms with Crippen molar-refractivity contribution in [2.75, 3.05) is 20.8 Å². The Morgan fingerprint density at radius 1 is 1.12 bits per heavy atom. The van der Waals surface area contributed by atoms with E-state index in [0.29, 0.717) is 18.7 Å². The summed E-state index contributed by atoms with van der Waals surface area (Å²) in [6.07, 6.45) is 0.492. The molecule has 6 nitrogen and oxygen atoms in total. The maximum atomic E-state index is 13.2. The minimum atomic E-state index is -0.593. The molecule has 2 aromatic rings. The maximum Gasteiger partial charge on any atom is 0.261 e. The molecule has 0 saturated heterocycles. The third-order valence-electron chi connectivity index (χ3n) is 5.29. The highest BCUT2D eigenvalue weighted by molar-refractivity contribution is 9.10. The zero-order valence-corrected chi connectivity index (χ0v) is 21.3. The largest absolute Gasteiger partial charge is 0.497 e. The maximum absolute atomic E-state index is 13.2. The van der Waals surface area contributed by atoms with E-state index >= 15 is 0 Å². The SMILES string of the molecule is CC[C@@H](C(=O)NC)N(Cc1ccc(OC)cc1)C(=O)COc1ccc(C(C)(C)C)cc1Br. The highest BCUT2D eigenvalue weighted by atomic mass is 79.9. The second-order valence-electron chi connectivity index (χ2n) is 8.59. The lowest BCUT2D eigenvalue weighted by Gasteiger charge is -2.30. The number of amides is 2. The number of ether oxygens (including phenoxy) is 2. The summed E-state index contributed by atoms with van der Waals surface area (Å²) < 4.78 is 11.8. The fourth-order valence-corrected chi connectivity index (χ4v) is 3.81. The van der Waals surface area contributed by atoms with Gasteiger partial charge in [-0.1, -0.05) is 45.9 Å². The number of nitrogens with one attached hydrogen (secondary N) is 1. The molecule has 2 amide bonds. The Kier molecular flexibility index (Phi) is 9.13. The van der Waals surface area contributed by atoms with Crippen LogP contribution >= 0.6 is 15.9 Å². The first kappa shape index (κ1) is 25.7. The minimum Gasteiger partial charge on any atom is -0.497 e. The van der Waals surface area contributed by atoms with Crippen molar-refractivity contribution >= 4 is 27.7 Å². The molecule has 0 spiro atoms. The van der Waals surface area contributed by atoms with E-state index in [4.69, 9.17) is 9.47 Å². The lowest BCUT2D eigenvalue weighted by Crippen LogP contribution is -2.49. The molecule has 32 heavy (non-hydrogen) atoms. The zero-order valence-electron chi connectivity index (χ0n) is 19.7. The summed E-state index contributed by atoms with van der Waals surface area (Å²) in [7, 11) is 3.18. The Hall–Kier alpha value is -2.54. The van der Waals surface area contributed by atoms with E-state index in [2.05, 4.69) is 42.0 Å². The average molecular weight is 505 g/mol. The first-order valence-electron chi connectivity index (χ1n) is 10.7. The zero-order chi connectivity index (χ0) is 23.9. The standard InChI is InChI=1S/C25H33BrN2O4/c1-7-21(24(30)27-5)28(15-17-8-11-19(31-6)12-9-17)23(29)16-32-22-13-10-18(14-20(22)26)25(2,3)4/h8-14,21H,7,15-16H2,1-6H3,(H,27,30)/t21-/m0/s1. The number of halogens is 1. The van der Waals surface area contributed by atoms with Crippen LogP contribution < -0.4 is 14.8 Å². The predicted octanol–water partition coefficient (Wildman–Crippen LogP) is 4.69. The van der Waals surface area contributed by atoms with Crippen molar-refractivity contribution in [2.24, 2.45) is 0 Å². The average Bonchev–Trinajstić information content (AvgIpc) is 2.77. The molecule has 0 heterocycles. The molecule has 7 heteroatoms. The highest BCUT2D eigenvalue weighted by Crippen LogP contribution is 2.31. The van der Waals surface area contributed by atoms with Gasteiger partial charge in [-0.25, -0.2) is 0 Å². The fraction of sp³-hybridized carbons (Fsp3) is 0.440. The van der Waals surface area contributed by atoms with Crippen molar-refractivity contribution in [3.63, 3.8) is 0 Å². The molecule has 2 rings (SSSR count). The summed E-state index contributed by atoms with van der Waals surface area (Å²) >= 11 is 3.55. The molecule has 0 saturated carbocycles. The third-order valence-corrected chi connectivity index (χ3v) is 5.91. The molecule has 174 valence electrons. The van der Waals surface area contributed by atoms with Gasteiger partial charge in [-0.05, 0) is 63.2 Å². The Balaban J connectivity index is 2.20. The van der Waals surface area contributed by atoms with Crippen molar-refractivity contribution in [1.82, 2.24) is 10.2 Å². The number of hydrogen-bond donors (Lipinski definition) is 1.